The number of benzene rings is 1. The van der Waals surface area contributed by atoms with Gasteiger partial charge in [0.25, 0.3) is 10.0 Å². The summed E-state index contributed by atoms with van der Waals surface area (Å²) in [6.45, 7) is 5.52. The maximum Gasteiger partial charge on any atom is 0.264 e. The standard InChI is InChI=1S/C18H23N5O3S2/c1-4-5-6-16(24)22-18(27)21-14-7-9-15(10-8-14)28(25,26)23-17-19-12(2)11-13(3)20-17/h7-11H,4-6H2,1-3H3,(H,19,20,23)(H2,21,22,24,27). The minimum absolute atomic E-state index is 0.0238. The van der Waals surface area contributed by atoms with Gasteiger partial charge < -0.3 is 10.6 Å². The van der Waals surface area contributed by atoms with Gasteiger partial charge >= 0.3 is 0 Å². The number of hydrogen-bond acceptors (Lipinski definition) is 6. The Morgan fingerprint density at radius 3 is 2.29 bits per heavy atom. The van der Waals surface area contributed by atoms with Gasteiger partial charge in [0.2, 0.25) is 11.9 Å². The topological polar surface area (TPSA) is 113 Å². The Balaban J connectivity index is 2.02. The molecule has 0 fully saturated rings. The fourth-order valence-electron chi connectivity index (χ4n) is 2.36. The minimum atomic E-state index is -3.83. The van der Waals surface area contributed by atoms with E-state index in [1.54, 1.807) is 32.0 Å². The molecule has 8 nitrogen and oxygen atoms in total. The first-order valence-electron chi connectivity index (χ1n) is 8.75. The Labute approximate surface area is 170 Å². The number of nitrogens with one attached hydrogen (secondary N) is 3. The Morgan fingerprint density at radius 1 is 1.11 bits per heavy atom. The predicted octanol–water partition coefficient (Wildman–Crippen LogP) is 2.90. The zero-order valence-corrected chi connectivity index (χ0v) is 17.6. The highest BCUT2D eigenvalue weighted by molar-refractivity contribution is 7.92. The van der Waals surface area contributed by atoms with Crippen molar-refractivity contribution in [1.29, 1.82) is 0 Å². The molecular formula is C18H23N5O3S2. The van der Waals surface area contributed by atoms with E-state index in [0.717, 1.165) is 12.8 Å². The number of thiocarbonyl (C=S) groups is 1. The smallest absolute Gasteiger partial charge is 0.264 e. The molecule has 0 aliphatic rings. The highest BCUT2D eigenvalue weighted by atomic mass is 32.2. The maximum absolute atomic E-state index is 12.5. The summed E-state index contributed by atoms with van der Waals surface area (Å²) in [4.78, 5) is 19.9. The van der Waals surface area contributed by atoms with E-state index in [0.29, 0.717) is 23.5 Å². The first-order chi connectivity index (χ1) is 13.2. The summed E-state index contributed by atoms with van der Waals surface area (Å²) < 4.78 is 27.4. The van der Waals surface area contributed by atoms with Crippen LogP contribution in [0.4, 0.5) is 11.6 Å². The Hall–Kier alpha value is -2.59. The van der Waals surface area contributed by atoms with E-state index in [9.17, 15) is 13.2 Å². The molecule has 0 unspecified atom stereocenters. The molecule has 2 rings (SSSR count). The molecule has 28 heavy (non-hydrogen) atoms. The van der Waals surface area contributed by atoms with Crippen molar-refractivity contribution in [2.45, 2.75) is 44.9 Å². The average molecular weight is 422 g/mol. The lowest BCUT2D eigenvalue weighted by molar-refractivity contribution is -0.119. The third kappa shape index (κ3) is 6.54. The van der Waals surface area contributed by atoms with Crippen LogP contribution in [-0.4, -0.2) is 29.4 Å². The number of unbranched alkanes of at least 4 members (excludes halogenated alkanes) is 1. The number of hydrogen-bond donors (Lipinski definition) is 3. The van der Waals surface area contributed by atoms with Gasteiger partial charge in [-0.15, -0.1) is 0 Å². The zero-order valence-electron chi connectivity index (χ0n) is 15.9. The lowest BCUT2D eigenvalue weighted by atomic mass is 10.2. The van der Waals surface area contributed by atoms with E-state index in [4.69, 9.17) is 12.2 Å². The summed E-state index contributed by atoms with van der Waals surface area (Å²) in [6, 6.07) is 7.72. The summed E-state index contributed by atoms with van der Waals surface area (Å²) in [6.07, 6.45) is 2.12. The van der Waals surface area contributed by atoms with E-state index in [1.807, 2.05) is 6.92 Å². The van der Waals surface area contributed by atoms with Crippen molar-refractivity contribution in [1.82, 2.24) is 15.3 Å². The first-order valence-corrected chi connectivity index (χ1v) is 10.6. The van der Waals surface area contributed by atoms with E-state index < -0.39 is 10.0 Å². The van der Waals surface area contributed by atoms with Gasteiger partial charge in [0.15, 0.2) is 5.11 Å². The van der Waals surface area contributed by atoms with Crippen LogP contribution in [0.25, 0.3) is 0 Å². The number of carbonyl (C=O) groups excluding carboxylic acids is 1. The van der Waals surface area contributed by atoms with Crippen molar-refractivity contribution >= 4 is 44.9 Å². The van der Waals surface area contributed by atoms with Crippen molar-refractivity contribution in [2.24, 2.45) is 0 Å². The zero-order chi connectivity index (χ0) is 20.7. The fourth-order valence-corrected chi connectivity index (χ4v) is 3.53. The summed E-state index contributed by atoms with van der Waals surface area (Å²) in [7, 11) is -3.83. The molecule has 2 aromatic rings. The van der Waals surface area contributed by atoms with E-state index >= 15 is 0 Å². The summed E-state index contributed by atoms with van der Waals surface area (Å²) >= 11 is 5.09. The second-order valence-electron chi connectivity index (χ2n) is 6.21. The normalized spacial score (nSPS) is 11.0. The van der Waals surface area contributed by atoms with Crippen LogP contribution in [0, 0.1) is 13.8 Å². The lowest BCUT2D eigenvalue weighted by Crippen LogP contribution is -2.33. The number of nitrogens with zero attached hydrogens (tertiary/aromatic N) is 2. The molecule has 1 heterocycles. The van der Waals surface area contributed by atoms with Gasteiger partial charge in [0, 0.05) is 23.5 Å². The molecule has 1 amide bonds. The van der Waals surface area contributed by atoms with Crippen molar-refractivity contribution < 1.29 is 13.2 Å². The number of carbonyl (C=O) groups is 1. The first kappa shape index (κ1) is 21.7. The Bertz CT molecular complexity index is 939. The van der Waals surface area contributed by atoms with Crippen molar-refractivity contribution in [2.75, 3.05) is 10.0 Å². The molecule has 0 aliphatic heterocycles. The van der Waals surface area contributed by atoms with E-state index in [1.165, 1.54) is 12.1 Å². The lowest BCUT2D eigenvalue weighted by Gasteiger charge is -2.11. The molecule has 0 saturated heterocycles. The molecule has 150 valence electrons. The van der Waals surface area contributed by atoms with Crippen LogP contribution in [0.5, 0.6) is 0 Å². The number of anilines is 2. The van der Waals surface area contributed by atoms with E-state index in [-0.39, 0.29) is 21.9 Å². The van der Waals surface area contributed by atoms with Gasteiger partial charge in [0.1, 0.15) is 0 Å². The van der Waals surface area contributed by atoms with Crippen molar-refractivity contribution in [3.8, 4) is 0 Å². The minimum Gasteiger partial charge on any atom is -0.332 e. The molecule has 0 spiro atoms. The highest BCUT2D eigenvalue weighted by Gasteiger charge is 2.16. The third-order valence-corrected chi connectivity index (χ3v) is 5.19. The summed E-state index contributed by atoms with van der Waals surface area (Å²) in [5, 5.41) is 5.60. The van der Waals surface area contributed by atoms with Gasteiger partial charge in [0.05, 0.1) is 4.90 Å². The SMILES string of the molecule is CCCCC(=O)NC(=S)Nc1ccc(S(=O)(=O)Nc2nc(C)cc(C)n2)cc1. The van der Waals surface area contributed by atoms with Crippen LogP contribution in [0.15, 0.2) is 35.2 Å². The molecule has 1 aromatic carbocycles. The Morgan fingerprint density at radius 2 is 1.71 bits per heavy atom. The van der Waals surface area contributed by atoms with Crippen LogP contribution in [0.3, 0.4) is 0 Å². The molecular weight excluding hydrogens is 398 g/mol. The van der Waals surface area contributed by atoms with Crippen LogP contribution in [0.1, 0.15) is 37.6 Å². The quantitative estimate of drug-likeness (QED) is 0.589. The predicted molar refractivity (Wildman–Crippen MR) is 113 cm³/mol. The van der Waals surface area contributed by atoms with Gasteiger partial charge in [-0.05, 0) is 62.8 Å². The number of aryl methyl sites for hydroxylation is 2. The van der Waals surface area contributed by atoms with Crippen molar-refractivity contribution in [3.05, 3.63) is 41.7 Å². The van der Waals surface area contributed by atoms with Gasteiger partial charge in [-0.3, -0.25) is 4.79 Å². The molecule has 1 aromatic heterocycles. The van der Waals surface area contributed by atoms with Gasteiger partial charge in [-0.25, -0.2) is 23.1 Å². The van der Waals surface area contributed by atoms with Crippen LogP contribution < -0.4 is 15.4 Å². The molecule has 0 radical (unpaired) electrons. The van der Waals surface area contributed by atoms with E-state index in [2.05, 4.69) is 25.3 Å². The van der Waals surface area contributed by atoms with Crippen molar-refractivity contribution in [3.63, 3.8) is 0 Å². The molecule has 0 aliphatic carbocycles. The highest BCUT2D eigenvalue weighted by Crippen LogP contribution is 2.17. The summed E-state index contributed by atoms with van der Waals surface area (Å²) in [5.41, 5.74) is 1.89. The Kier molecular flexibility index (Phi) is 7.41. The molecule has 3 N–H and O–H groups in total. The molecule has 0 saturated carbocycles. The second-order valence-corrected chi connectivity index (χ2v) is 8.30. The monoisotopic (exact) mass is 421 g/mol. The number of sulfonamides is 1. The maximum atomic E-state index is 12.5. The molecule has 0 bridgehead atoms. The van der Waals surface area contributed by atoms with Crippen LogP contribution in [-0.2, 0) is 14.8 Å². The fraction of sp³-hybridized carbons (Fsp3) is 0.333. The molecule has 10 heteroatoms. The molecule has 0 atom stereocenters. The van der Waals surface area contributed by atoms with Crippen LogP contribution in [0.2, 0.25) is 0 Å². The van der Waals surface area contributed by atoms with Gasteiger partial charge in [-0.2, -0.15) is 0 Å². The van der Waals surface area contributed by atoms with Crippen LogP contribution >= 0.6 is 12.2 Å². The van der Waals surface area contributed by atoms with Gasteiger partial charge in [-0.1, -0.05) is 13.3 Å². The summed E-state index contributed by atoms with van der Waals surface area (Å²) in [5.74, 6) is -0.133. The number of aromatic nitrogens is 2. The number of amides is 1. The second kappa shape index (κ2) is 9.56. The largest absolute Gasteiger partial charge is 0.332 e. The third-order valence-electron chi connectivity index (χ3n) is 3.64. The average Bonchev–Trinajstić information content (AvgIpc) is 2.59. The number of rotatable bonds is 7.